The van der Waals surface area contributed by atoms with Crippen molar-refractivity contribution in [1.29, 1.82) is 0 Å². The van der Waals surface area contributed by atoms with Crippen LogP contribution in [0, 0.1) is 5.82 Å². The monoisotopic (exact) mass is 554 g/mol. The first kappa shape index (κ1) is 27.4. The van der Waals surface area contributed by atoms with E-state index in [4.69, 9.17) is 4.74 Å². The molecule has 1 atom stereocenters. The molecular weight excluding hydrogens is 523 g/mol. The Balaban J connectivity index is 1.90. The molecule has 1 unspecified atom stereocenters. The third kappa shape index (κ3) is 7.65. The van der Waals surface area contributed by atoms with Gasteiger partial charge in [-0.2, -0.15) is 0 Å². The fraction of sp³-hybridized carbons (Fsp3) is 0.310. The maximum atomic E-state index is 14.6. The Morgan fingerprint density at radius 3 is 2.39 bits per heavy atom. The summed E-state index contributed by atoms with van der Waals surface area (Å²) in [5.74, 6) is -0.584. The summed E-state index contributed by atoms with van der Waals surface area (Å²) in [6.45, 7) is 4.17. The Morgan fingerprint density at radius 1 is 1.00 bits per heavy atom. The number of halogens is 2. The summed E-state index contributed by atoms with van der Waals surface area (Å²) < 4.78 is 21.2. The van der Waals surface area contributed by atoms with E-state index in [1.54, 1.807) is 18.2 Å². The third-order valence-electron chi connectivity index (χ3n) is 5.87. The Hall–Kier alpha value is -3.19. The van der Waals surface area contributed by atoms with E-state index in [9.17, 15) is 14.0 Å². The van der Waals surface area contributed by atoms with Crippen LogP contribution in [-0.4, -0.2) is 35.9 Å². The smallest absolute Gasteiger partial charge is 0.261 e. The first-order chi connectivity index (χ1) is 17.4. The van der Waals surface area contributed by atoms with Gasteiger partial charge in [0.05, 0.1) is 4.47 Å². The van der Waals surface area contributed by atoms with E-state index in [1.807, 2.05) is 55.5 Å². The van der Waals surface area contributed by atoms with Crippen molar-refractivity contribution in [2.24, 2.45) is 0 Å². The molecule has 0 saturated carbocycles. The summed E-state index contributed by atoms with van der Waals surface area (Å²) in [7, 11) is 0. The lowest BCUT2D eigenvalue weighted by molar-refractivity contribution is -0.142. The molecule has 3 aromatic rings. The molecule has 190 valence electrons. The van der Waals surface area contributed by atoms with E-state index < -0.39 is 17.8 Å². The van der Waals surface area contributed by atoms with Crippen LogP contribution in [0.5, 0.6) is 5.75 Å². The average Bonchev–Trinajstić information content (AvgIpc) is 2.89. The van der Waals surface area contributed by atoms with Crippen LogP contribution < -0.4 is 10.1 Å². The summed E-state index contributed by atoms with van der Waals surface area (Å²) >= 11 is 3.50. The molecular formula is C29H32BrFN2O3. The minimum atomic E-state index is -0.833. The van der Waals surface area contributed by atoms with E-state index in [2.05, 4.69) is 28.2 Å². The van der Waals surface area contributed by atoms with Gasteiger partial charge in [0.2, 0.25) is 5.91 Å². The number of rotatable bonds is 12. The molecule has 3 rings (SSSR count). The highest BCUT2D eigenvalue weighted by atomic mass is 79.9. The molecule has 3 aromatic carbocycles. The average molecular weight is 555 g/mol. The molecule has 2 amide bonds. The molecule has 0 spiro atoms. The van der Waals surface area contributed by atoms with Crippen molar-refractivity contribution in [2.75, 3.05) is 13.2 Å². The maximum Gasteiger partial charge on any atom is 0.261 e. The first-order valence-corrected chi connectivity index (χ1v) is 13.0. The molecule has 0 aliphatic carbocycles. The normalized spacial score (nSPS) is 11.6. The van der Waals surface area contributed by atoms with Crippen molar-refractivity contribution in [3.05, 3.63) is 99.8 Å². The van der Waals surface area contributed by atoms with Crippen molar-refractivity contribution in [3.8, 4) is 5.75 Å². The number of aryl methyl sites for hydroxylation is 1. The molecule has 5 nitrogen and oxygen atoms in total. The minimum Gasteiger partial charge on any atom is -0.483 e. The minimum absolute atomic E-state index is 0.0537. The largest absolute Gasteiger partial charge is 0.483 e. The SMILES string of the molecule is CCCNC(=O)C(Cc1ccccc1)N(Cc1ccccc1F)C(=O)COc1ccc(CC)cc1Br. The molecule has 36 heavy (non-hydrogen) atoms. The Bertz CT molecular complexity index is 1160. The second-order valence-corrected chi connectivity index (χ2v) is 9.37. The van der Waals surface area contributed by atoms with Gasteiger partial charge in [0.25, 0.3) is 5.91 Å². The summed E-state index contributed by atoms with van der Waals surface area (Å²) in [6.07, 6.45) is 1.93. The molecule has 0 fully saturated rings. The predicted molar refractivity (Wildman–Crippen MR) is 143 cm³/mol. The number of amides is 2. The number of nitrogens with one attached hydrogen (secondary N) is 1. The first-order valence-electron chi connectivity index (χ1n) is 12.2. The van der Waals surface area contributed by atoms with Crippen molar-refractivity contribution in [2.45, 2.75) is 45.7 Å². The van der Waals surface area contributed by atoms with Gasteiger partial charge >= 0.3 is 0 Å². The van der Waals surface area contributed by atoms with Crippen molar-refractivity contribution >= 4 is 27.7 Å². The Morgan fingerprint density at radius 2 is 1.72 bits per heavy atom. The molecule has 0 aromatic heterocycles. The summed E-state index contributed by atoms with van der Waals surface area (Å²) in [4.78, 5) is 28.3. The van der Waals surface area contributed by atoms with Crippen LogP contribution >= 0.6 is 15.9 Å². The van der Waals surface area contributed by atoms with Gasteiger partial charge in [0.15, 0.2) is 6.61 Å². The molecule has 1 N–H and O–H groups in total. The van der Waals surface area contributed by atoms with Crippen molar-refractivity contribution in [1.82, 2.24) is 10.2 Å². The molecule has 7 heteroatoms. The molecule has 0 aliphatic rings. The van der Waals surface area contributed by atoms with Gasteiger partial charge in [0.1, 0.15) is 17.6 Å². The van der Waals surface area contributed by atoms with E-state index in [0.29, 0.717) is 24.3 Å². The van der Waals surface area contributed by atoms with Crippen LogP contribution in [0.2, 0.25) is 0 Å². The van der Waals surface area contributed by atoms with Gasteiger partial charge < -0.3 is 15.0 Å². The predicted octanol–water partition coefficient (Wildman–Crippen LogP) is 5.70. The number of carbonyl (C=O) groups is 2. The lowest BCUT2D eigenvalue weighted by Crippen LogP contribution is -2.52. The van der Waals surface area contributed by atoms with Gasteiger partial charge in [-0.3, -0.25) is 9.59 Å². The van der Waals surface area contributed by atoms with E-state index in [-0.39, 0.29) is 19.1 Å². The number of hydrogen-bond acceptors (Lipinski definition) is 3. The standard InChI is InChI=1S/C29H32BrFN2O3/c1-3-16-32-29(35)26(18-22-10-6-5-7-11-22)33(19-23-12-8-9-13-25(23)31)28(34)20-36-27-15-14-21(4-2)17-24(27)30/h5-15,17,26H,3-4,16,18-20H2,1-2H3,(H,32,35). The fourth-order valence-electron chi connectivity index (χ4n) is 3.83. The quantitative estimate of drug-likeness (QED) is 0.312. The Kier molecular flexibility index (Phi) is 10.5. The summed E-state index contributed by atoms with van der Waals surface area (Å²) in [5, 5.41) is 2.91. The van der Waals surface area contributed by atoms with Crippen LogP contribution in [0.25, 0.3) is 0 Å². The lowest BCUT2D eigenvalue weighted by atomic mass is 10.0. The fourth-order valence-corrected chi connectivity index (χ4v) is 4.37. The molecule has 0 aliphatic heterocycles. The van der Waals surface area contributed by atoms with Crippen LogP contribution in [0.4, 0.5) is 4.39 Å². The van der Waals surface area contributed by atoms with Gasteiger partial charge in [0, 0.05) is 25.1 Å². The van der Waals surface area contributed by atoms with Crippen molar-refractivity contribution < 1.29 is 18.7 Å². The number of nitrogens with zero attached hydrogens (tertiary/aromatic N) is 1. The van der Waals surface area contributed by atoms with E-state index in [1.165, 1.54) is 11.0 Å². The third-order valence-corrected chi connectivity index (χ3v) is 6.49. The van der Waals surface area contributed by atoms with Crippen LogP contribution in [0.15, 0.2) is 77.3 Å². The zero-order valence-corrected chi connectivity index (χ0v) is 22.3. The zero-order valence-electron chi connectivity index (χ0n) is 20.7. The maximum absolute atomic E-state index is 14.6. The molecule has 0 heterocycles. The van der Waals surface area contributed by atoms with Crippen LogP contribution in [0.1, 0.15) is 37.0 Å². The van der Waals surface area contributed by atoms with Gasteiger partial charge in [-0.05, 0) is 58.1 Å². The second kappa shape index (κ2) is 13.8. The zero-order chi connectivity index (χ0) is 25.9. The van der Waals surface area contributed by atoms with E-state index >= 15 is 0 Å². The highest BCUT2D eigenvalue weighted by Gasteiger charge is 2.31. The summed E-state index contributed by atoms with van der Waals surface area (Å²) in [6, 6.07) is 20.7. The number of carbonyl (C=O) groups excluding carboxylic acids is 2. The topological polar surface area (TPSA) is 58.6 Å². The Labute approximate surface area is 220 Å². The number of hydrogen-bond donors (Lipinski definition) is 1. The highest BCUT2D eigenvalue weighted by molar-refractivity contribution is 9.10. The second-order valence-electron chi connectivity index (χ2n) is 8.52. The molecule has 0 bridgehead atoms. The summed E-state index contributed by atoms with van der Waals surface area (Å²) in [5.41, 5.74) is 2.37. The van der Waals surface area contributed by atoms with Crippen LogP contribution in [0.3, 0.4) is 0 Å². The highest BCUT2D eigenvalue weighted by Crippen LogP contribution is 2.26. The lowest BCUT2D eigenvalue weighted by Gasteiger charge is -2.31. The van der Waals surface area contributed by atoms with E-state index in [0.717, 1.165) is 28.4 Å². The van der Waals surface area contributed by atoms with Gasteiger partial charge in [-0.25, -0.2) is 4.39 Å². The molecule has 0 radical (unpaired) electrons. The van der Waals surface area contributed by atoms with Crippen LogP contribution in [-0.2, 0) is 29.0 Å². The van der Waals surface area contributed by atoms with Crippen molar-refractivity contribution in [3.63, 3.8) is 0 Å². The van der Waals surface area contributed by atoms with Gasteiger partial charge in [-0.1, -0.05) is 68.4 Å². The molecule has 0 saturated heterocycles. The number of benzene rings is 3. The number of ether oxygens (including phenoxy) is 1. The van der Waals surface area contributed by atoms with Gasteiger partial charge in [-0.15, -0.1) is 0 Å².